The molecule has 0 radical (unpaired) electrons. The van der Waals surface area contributed by atoms with Gasteiger partial charge in [-0.1, -0.05) is 29.3 Å². The lowest BCUT2D eigenvalue weighted by Gasteiger charge is -2.26. The minimum Gasteiger partial charge on any atom is -0.495 e. The third kappa shape index (κ3) is 5.33. The number of nitrogens with one attached hydrogen (secondary N) is 1. The highest BCUT2D eigenvalue weighted by Gasteiger charge is 2.27. The van der Waals surface area contributed by atoms with Gasteiger partial charge in [0, 0.05) is 29.2 Å². The fourth-order valence-corrected chi connectivity index (χ4v) is 4.76. The first kappa shape index (κ1) is 22.6. The summed E-state index contributed by atoms with van der Waals surface area (Å²) < 4.78 is 37.6. The van der Waals surface area contributed by atoms with E-state index >= 15 is 0 Å². The molecule has 0 spiro atoms. The molecule has 3 rings (SSSR count). The van der Waals surface area contributed by atoms with Gasteiger partial charge in [-0.15, -0.1) is 0 Å². The van der Waals surface area contributed by atoms with E-state index in [0.29, 0.717) is 34.6 Å². The highest BCUT2D eigenvalue weighted by Crippen LogP contribution is 2.29. The Bertz CT molecular complexity index is 1070. The monoisotopic (exact) mass is 470 g/mol. The van der Waals surface area contributed by atoms with Crippen LogP contribution in [0.2, 0.25) is 10.0 Å². The van der Waals surface area contributed by atoms with Crippen LogP contribution >= 0.6 is 23.2 Å². The average molecular weight is 471 g/mol. The molecule has 0 saturated carbocycles. The summed E-state index contributed by atoms with van der Waals surface area (Å²) in [5.74, 6) is -0.137. The van der Waals surface area contributed by atoms with Gasteiger partial charge in [0.1, 0.15) is 5.75 Å². The Morgan fingerprint density at radius 2 is 1.90 bits per heavy atom. The minimum atomic E-state index is -3.71. The molecule has 0 aliphatic carbocycles. The Labute approximate surface area is 185 Å². The maximum atomic E-state index is 12.9. The van der Waals surface area contributed by atoms with E-state index in [0.717, 1.165) is 0 Å². The summed E-state index contributed by atoms with van der Waals surface area (Å²) in [7, 11) is -2.28. The van der Waals surface area contributed by atoms with Gasteiger partial charge >= 0.3 is 0 Å². The summed E-state index contributed by atoms with van der Waals surface area (Å²) in [5, 5.41) is 3.55. The van der Waals surface area contributed by atoms with Crippen molar-refractivity contribution in [2.24, 2.45) is 0 Å². The third-order valence-electron chi connectivity index (χ3n) is 4.41. The zero-order valence-corrected chi connectivity index (χ0v) is 18.4. The van der Waals surface area contributed by atoms with E-state index in [9.17, 15) is 13.2 Å². The lowest BCUT2D eigenvalue weighted by Crippen LogP contribution is -2.40. The van der Waals surface area contributed by atoms with Crippen LogP contribution in [0.4, 0.5) is 5.69 Å². The molecule has 0 aromatic heterocycles. The van der Waals surface area contributed by atoms with E-state index < -0.39 is 15.9 Å². The van der Waals surface area contributed by atoms with Crippen LogP contribution < -0.4 is 10.1 Å². The molecule has 2 aromatic carbocycles. The van der Waals surface area contributed by atoms with Gasteiger partial charge < -0.3 is 14.8 Å². The van der Waals surface area contributed by atoms with E-state index in [1.165, 1.54) is 41.8 Å². The Kier molecular flexibility index (Phi) is 7.38. The van der Waals surface area contributed by atoms with Crippen molar-refractivity contribution in [1.82, 2.24) is 4.31 Å². The lowest BCUT2D eigenvalue weighted by atomic mass is 10.2. The predicted octanol–water partition coefficient (Wildman–Crippen LogP) is 3.67. The second-order valence-corrected chi connectivity index (χ2v) is 9.15. The zero-order chi connectivity index (χ0) is 21.7. The normalized spacial score (nSPS) is 15.3. The number of benzene rings is 2. The second-order valence-electron chi connectivity index (χ2n) is 6.37. The molecule has 10 heteroatoms. The molecule has 1 heterocycles. The van der Waals surface area contributed by atoms with E-state index in [2.05, 4.69) is 5.32 Å². The molecule has 7 nitrogen and oxygen atoms in total. The molecular formula is C20H20Cl2N2O5S. The van der Waals surface area contributed by atoms with Crippen LogP contribution in [0.1, 0.15) is 5.56 Å². The van der Waals surface area contributed by atoms with Crippen molar-refractivity contribution >= 4 is 50.9 Å². The van der Waals surface area contributed by atoms with Crippen molar-refractivity contribution < 1.29 is 22.7 Å². The number of morpholine rings is 1. The molecule has 1 saturated heterocycles. The van der Waals surface area contributed by atoms with Gasteiger partial charge in [-0.2, -0.15) is 4.31 Å². The van der Waals surface area contributed by atoms with Crippen molar-refractivity contribution in [2.75, 3.05) is 38.7 Å². The largest absolute Gasteiger partial charge is 0.495 e. The smallest absolute Gasteiger partial charge is 0.248 e. The maximum absolute atomic E-state index is 12.9. The molecule has 1 fully saturated rings. The number of amides is 1. The van der Waals surface area contributed by atoms with Crippen LogP contribution in [0.15, 0.2) is 47.4 Å². The van der Waals surface area contributed by atoms with Gasteiger partial charge in [0.15, 0.2) is 0 Å². The first-order chi connectivity index (χ1) is 14.3. The number of halogens is 2. The van der Waals surface area contributed by atoms with Crippen LogP contribution in [-0.2, 0) is 19.6 Å². The molecule has 2 aromatic rings. The summed E-state index contributed by atoms with van der Waals surface area (Å²) in [4.78, 5) is 12.5. The van der Waals surface area contributed by atoms with Crippen molar-refractivity contribution in [3.63, 3.8) is 0 Å². The number of anilines is 1. The van der Waals surface area contributed by atoms with Gasteiger partial charge in [0.25, 0.3) is 0 Å². The Morgan fingerprint density at radius 1 is 1.17 bits per heavy atom. The lowest BCUT2D eigenvalue weighted by molar-refractivity contribution is -0.111. The number of methoxy groups -OCH3 is 1. The SMILES string of the molecule is COc1ccc(S(=O)(=O)N2CCOCC2)cc1NC(=O)C=Cc1ccc(Cl)cc1Cl. The number of sulfonamides is 1. The fraction of sp³-hybridized carbons (Fsp3) is 0.250. The molecule has 1 aliphatic heterocycles. The number of rotatable bonds is 6. The molecule has 1 amide bonds. The average Bonchev–Trinajstić information content (AvgIpc) is 2.73. The van der Waals surface area contributed by atoms with Gasteiger partial charge in [-0.05, 0) is 42.0 Å². The Balaban J connectivity index is 1.81. The Hall–Kier alpha value is -2.10. The van der Waals surface area contributed by atoms with E-state index in [1.807, 2.05) is 0 Å². The van der Waals surface area contributed by atoms with Crippen LogP contribution in [0.3, 0.4) is 0 Å². The first-order valence-corrected chi connectivity index (χ1v) is 11.2. The summed E-state index contributed by atoms with van der Waals surface area (Å²) >= 11 is 12.0. The van der Waals surface area contributed by atoms with Gasteiger partial charge in [-0.3, -0.25) is 4.79 Å². The van der Waals surface area contributed by atoms with Crippen molar-refractivity contribution in [2.45, 2.75) is 4.90 Å². The summed E-state index contributed by atoms with van der Waals surface area (Å²) in [6, 6.07) is 9.25. The number of ether oxygens (including phenoxy) is 2. The summed E-state index contributed by atoms with van der Waals surface area (Å²) in [5.41, 5.74) is 0.857. The van der Waals surface area contributed by atoms with Gasteiger partial charge in [0.05, 0.1) is 30.9 Å². The number of carbonyl (C=O) groups excluding carboxylic acids is 1. The third-order valence-corrected chi connectivity index (χ3v) is 6.87. The highest BCUT2D eigenvalue weighted by molar-refractivity contribution is 7.89. The first-order valence-electron chi connectivity index (χ1n) is 9.01. The molecular weight excluding hydrogens is 451 g/mol. The van der Waals surface area contributed by atoms with Gasteiger partial charge in [0.2, 0.25) is 15.9 Å². The molecule has 160 valence electrons. The Morgan fingerprint density at radius 3 is 2.57 bits per heavy atom. The van der Waals surface area contributed by atoms with E-state index in [1.54, 1.807) is 18.2 Å². The fourth-order valence-electron chi connectivity index (χ4n) is 2.86. The number of hydrogen-bond acceptors (Lipinski definition) is 5. The topological polar surface area (TPSA) is 84.9 Å². The number of carbonyl (C=O) groups is 1. The quantitative estimate of drug-likeness (QED) is 0.650. The predicted molar refractivity (Wildman–Crippen MR) is 117 cm³/mol. The van der Waals surface area contributed by atoms with E-state index in [4.69, 9.17) is 32.7 Å². The molecule has 30 heavy (non-hydrogen) atoms. The maximum Gasteiger partial charge on any atom is 0.248 e. The van der Waals surface area contributed by atoms with Gasteiger partial charge in [-0.25, -0.2) is 8.42 Å². The highest BCUT2D eigenvalue weighted by atomic mass is 35.5. The molecule has 0 atom stereocenters. The molecule has 0 bridgehead atoms. The molecule has 0 unspecified atom stereocenters. The van der Waals surface area contributed by atoms with Crippen molar-refractivity contribution in [1.29, 1.82) is 0 Å². The molecule has 1 aliphatic rings. The van der Waals surface area contributed by atoms with Crippen molar-refractivity contribution in [3.05, 3.63) is 58.1 Å². The zero-order valence-electron chi connectivity index (χ0n) is 16.1. The number of hydrogen-bond donors (Lipinski definition) is 1. The number of nitrogens with zero attached hydrogens (tertiary/aromatic N) is 1. The van der Waals surface area contributed by atoms with Crippen LogP contribution in [-0.4, -0.2) is 52.0 Å². The van der Waals surface area contributed by atoms with Crippen LogP contribution in [0.5, 0.6) is 5.75 Å². The minimum absolute atomic E-state index is 0.0604. The van der Waals surface area contributed by atoms with Crippen molar-refractivity contribution in [3.8, 4) is 5.75 Å². The molecule has 1 N–H and O–H groups in total. The second kappa shape index (κ2) is 9.80. The summed E-state index contributed by atoms with van der Waals surface area (Å²) in [6.07, 6.45) is 2.83. The standard InChI is InChI=1S/C20H20Cl2N2O5S/c1-28-19-6-5-16(30(26,27)24-8-10-29-11-9-24)13-18(19)23-20(25)7-3-14-2-4-15(21)12-17(14)22/h2-7,12-13H,8-11H2,1H3,(H,23,25). The van der Waals surface area contributed by atoms with E-state index in [-0.39, 0.29) is 23.7 Å². The summed E-state index contributed by atoms with van der Waals surface area (Å²) in [6.45, 7) is 1.25. The van der Waals surface area contributed by atoms with Crippen LogP contribution in [0, 0.1) is 0 Å². The van der Waals surface area contributed by atoms with Crippen LogP contribution in [0.25, 0.3) is 6.08 Å².